The molecule has 0 atom stereocenters. The number of rotatable bonds is 6. The molecule has 106 valence electrons. The topological polar surface area (TPSA) is 71.3 Å². The van der Waals surface area contributed by atoms with Crippen LogP contribution in [-0.4, -0.2) is 29.0 Å². The van der Waals surface area contributed by atoms with E-state index in [0.29, 0.717) is 23.8 Å². The zero-order valence-corrected chi connectivity index (χ0v) is 11.7. The van der Waals surface area contributed by atoms with E-state index in [4.69, 9.17) is 4.42 Å². The lowest BCUT2D eigenvalue weighted by atomic mass is 10.3. The summed E-state index contributed by atoms with van der Waals surface area (Å²) >= 11 is 0. The number of furan rings is 1. The number of aromatic nitrogens is 2. The maximum atomic E-state index is 11.9. The summed E-state index contributed by atoms with van der Waals surface area (Å²) in [6, 6.07) is 3.59. The van der Waals surface area contributed by atoms with E-state index in [0.717, 1.165) is 13.1 Å². The van der Waals surface area contributed by atoms with Crippen molar-refractivity contribution in [1.82, 2.24) is 15.3 Å². The molecule has 0 bridgehead atoms. The van der Waals surface area contributed by atoms with E-state index in [2.05, 4.69) is 15.3 Å². The van der Waals surface area contributed by atoms with E-state index in [-0.39, 0.29) is 5.91 Å². The second-order valence-corrected chi connectivity index (χ2v) is 4.21. The van der Waals surface area contributed by atoms with Crippen molar-refractivity contribution in [3.05, 3.63) is 42.1 Å². The fourth-order valence-electron chi connectivity index (χ4n) is 1.79. The quantitative estimate of drug-likeness (QED) is 0.870. The summed E-state index contributed by atoms with van der Waals surface area (Å²) in [5, 5.41) is 2.75. The van der Waals surface area contributed by atoms with Gasteiger partial charge >= 0.3 is 0 Å². The highest BCUT2D eigenvalue weighted by molar-refractivity contribution is 5.93. The number of amides is 1. The molecule has 6 nitrogen and oxygen atoms in total. The van der Waals surface area contributed by atoms with Gasteiger partial charge in [-0.2, -0.15) is 0 Å². The van der Waals surface area contributed by atoms with Crippen LogP contribution in [0.1, 0.15) is 30.0 Å². The van der Waals surface area contributed by atoms with Gasteiger partial charge in [0.1, 0.15) is 5.76 Å². The summed E-state index contributed by atoms with van der Waals surface area (Å²) in [4.78, 5) is 22.4. The normalized spacial score (nSPS) is 10.3. The molecule has 0 aliphatic rings. The van der Waals surface area contributed by atoms with Gasteiger partial charge in [0.15, 0.2) is 0 Å². The van der Waals surface area contributed by atoms with Crippen molar-refractivity contribution in [2.75, 3.05) is 18.0 Å². The predicted octanol–water partition coefficient (Wildman–Crippen LogP) is 1.85. The minimum atomic E-state index is -0.215. The van der Waals surface area contributed by atoms with Crippen LogP contribution in [0.2, 0.25) is 0 Å². The fourth-order valence-corrected chi connectivity index (χ4v) is 1.79. The van der Waals surface area contributed by atoms with Gasteiger partial charge in [0.05, 0.1) is 18.4 Å². The zero-order valence-electron chi connectivity index (χ0n) is 11.7. The van der Waals surface area contributed by atoms with E-state index in [9.17, 15) is 4.79 Å². The first-order valence-electron chi connectivity index (χ1n) is 6.62. The van der Waals surface area contributed by atoms with E-state index in [1.54, 1.807) is 18.4 Å². The molecule has 2 rings (SSSR count). The minimum Gasteiger partial charge on any atom is -0.467 e. The Morgan fingerprint density at radius 2 is 2.00 bits per heavy atom. The maximum Gasteiger partial charge on any atom is 0.254 e. The van der Waals surface area contributed by atoms with Crippen molar-refractivity contribution >= 4 is 11.9 Å². The Labute approximate surface area is 117 Å². The van der Waals surface area contributed by atoms with Crippen LogP contribution in [0.4, 0.5) is 5.95 Å². The van der Waals surface area contributed by atoms with E-state index >= 15 is 0 Å². The Balaban J connectivity index is 1.96. The molecule has 0 spiro atoms. The Morgan fingerprint density at radius 3 is 2.55 bits per heavy atom. The maximum absolute atomic E-state index is 11.9. The van der Waals surface area contributed by atoms with Crippen molar-refractivity contribution < 1.29 is 9.21 Å². The summed E-state index contributed by atoms with van der Waals surface area (Å²) in [5.41, 5.74) is 0.437. The molecule has 0 aliphatic carbocycles. The smallest absolute Gasteiger partial charge is 0.254 e. The van der Waals surface area contributed by atoms with Crippen LogP contribution in [0.15, 0.2) is 35.2 Å². The number of hydrogen-bond acceptors (Lipinski definition) is 5. The first kappa shape index (κ1) is 14.0. The lowest BCUT2D eigenvalue weighted by molar-refractivity contribution is 0.0947. The van der Waals surface area contributed by atoms with E-state index in [1.165, 1.54) is 12.4 Å². The number of anilines is 1. The average molecular weight is 274 g/mol. The lowest BCUT2D eigenvalue weighted by Crippen LogP contribution is -2.26. The number of carbonyl (C=O) groups excluding carboxylic acids is 1. The Morgan fingerprint density at radius 1 is 1.30 bits per heavy atom. The van der Waals surface area contributed by atoms with Gasteiger partial charge in [-0.15, -0.1) is 0 Å². The SMILES string of the molecule is CCN(CC)c1ncc(C(=O)NCc2ccco2)cn1. The van der Waals surface area contributed by atoms with Crippen LogP contribution < -0.4 is 10.2 Å². The monoisotopic (exact) mass is 274 g/mol. The van der Waals surface area contributed by atoms with Crippen molar-refractivity contribution in [2.45, 2.75) is 20.4 Å². The second-order valence-electron chi connectivity index (χ2n) is 4.21. The molecule has 0 aromatic carbocycles. The van der Waals surface area contributed by atoms with Crippen LogP contribution in [0, 0.1) is 0 Å². The van der Waals surface area contributed by atoms with Crippen molar-refractivity contribution in [3.8, 4) is 0 Å². The standard InChI is InChI=1S/C14H18N4O2/c1-3-18(4-2)14-16-8-11(9-17-14)13(19)15-10-12-6-5-7-20-12/h5-9H,3-4,10H2,1-2H3,(H,15,19). The van der Waals surface area contributed by atoms with Gasteiger partial charge in [0.2, 0.25) is 5.95 Å². The molecule has 0 radical (unpaired) electrons. The Kier molecular flexibility index (Phi) is 4.70. The Hall–Kier alpha value is -2.37. The van der Waals surface area contributed by atoms with Gasteiger partial charge < -0.3 is 14.6 Å². The molecule has 0 saturated carbocycles. The molecule has 0 unspecified atom stereocenters. The fraction of sp³-hybridized carbons (Fsp3) is 0.357. The zero-order chi connectivity index (χ0) is 14.4. The molecular formula is C14H18N4O2. The van der Waals surface area contributed by atoms with Crippen LogP contribution in [-0.2, 0) is 6.54 Å². The highest BCUT2D eigenvalue weighted by atomic mass is 16.3. The van der Waals surface area contributed by atoms with Gasteiger partial charge in [-0.3, -0.25) is 4.79 Å². The van der Waals surface area contributed by atoms with Crippen molar-refractivity contribution in [1.29, 1.82) is 0 Å². The molecule has 0 saturated heterocycles. The predicted molar refractivity (Wildman–Crippen MR) is 75.5 cm³/mol. The molecule has 2 aromatic heterocycles. The van der Waals surface area contributed by atoms with E-state index in [1.807, 2.05) is 18.7 Å². The summed E-state index contributed by atoms with van der Waals surface area (Å²) in [6.07, 6.45) is 4.65. The van der Waals surface area contributed by atoms with E-state index < -0.39 is 0 Å². The summed E-state index contributed by atoms with van der Waals surface area (Å²) in [5.74, 6) is 1.13. The van der Waals surface area contributed by atoms with Crippen LogP contribution >= 0.6 is 0 Å². The second kappa shape index (κ2) is 6.70. The molecule has 1 amide bonds. The first-order chi connectivity index (χ1) is 9.74. The number of nitrogens with zero attached hydrogens (tertiary/aromatic N) is 3. The van der Waals surface area contributed by atoms with Gasteiger partial charge in [-0.1, -0.05) is 0 Å². The van der Waals surface area contributed by atoms with Gasteiger partial charge in [-0.05, 0) is 26.0 Å². The third-order valence-corrected chi connectivity index (χ3v) is 2.95. The average Bonchev–Trinajstić information content (AvgIpc) is 3.00. The van der Waals surface area contributed by atoms with Crippen LogP contribution in [0.3, 0.4) is 0 Å². The third-order valence-electron chi connectivity index (χ3n) is 2.95. The molecule has 1 N–H and O–H groups in total. The summed E-state index contributed by atoms with van der Waals surface area (Å²) in [6.45, 7) is 6.10. The largest absolute Gasteiger partial charge is 0.467 e. The number of nitrogens with one attached hydrogen (secondary N) is 1. The summed E-state index contributed by atoms with van der Waals surface area (Å²) < 4.78 is 5.15. The molecule has 0 aliphatic heterocycles. The molecular weight excluding hydrogens is 256 g/mol. The lowest BCUT2D eigenvalue weighted by Gasteiger charge is -2.17. The number of carbonyl (C=O) groups is 1. The van der Waals surface area contributed by atoms with Crippen LogP contribution in [0.5, 0.6) is 0 Å². The van der Waals surface area contributed by atoms with Crippen molar-refractivity contribution in [2.24, 2.45) is 0 Å². The minimum absolute atomic E-state index is 0.215. The molecule has 20 heavy (non-hydrogen) atoms. The van der Waals surface area contributed by atoms with Gasteiger partial charge in [0.25, 0.3) is 5.91 Å². The molecule has 2 aromatic rings. The highest BCUT2D eigenvalue weighted by Crippen LogP contribution is 2.07. The molecule has 6 heteroatoms. The van der Waals surface area contributed by atoms with Crippen LogP contribution in [0.25, 0.3) is 0 Å². The molecule has 2 heterocycles. The summed E-state index contributed by atoms with van der Waals surface area (Å²) in [7, 11) is 0. The van der Waals surface area contributed by atoms with Gasteiger partial charge in [0, 0.05) is 25.5 Å². The highest BCUT2D eigenvalue weighted by Gasteiger charge is 2.09. The van der Waals surface area contributed by atoms with Gasteiger partial charge in [-0.25, -0.2) is 9.97 Å². The first-order valence-corrected chi connectivity index (χ1v) is 6.62. The Bertz CT molecular complexity index is 533. The third kappa shape index (κ3) is 3.34. The number of hydrogen-bond donors (Lipinski definition) is 1. The van der Waals surface area contributed by atoms with Crippen molar-refractivity contribution in [3.63, 3.8) is 0 Å². The molecule has 0 fully saturated rings.